The van der Waals surface area contributed by atoms with Gasteiger partial charge in [-0.1, -0.05) is 101 Å². The predicted octanol–water partition coefficient (Wildman–Crippen LogP) is 5.00. The average molecular weight is 570 g/mol. The Kier molecular flexibility index (Phi) is 7.51. The highest BCUT2D eigenvalue weighted by Gasteiger charge is 2.36. The highest BCUT2D eigenvalue weighted by molar-refractivity contribution is 8.01. The highest BCUT2D eigenvalue weighted by Crippen LogP contribution is 2.38. The van der Waals surface area contributed by atoms with Gasteiger partial charge >= 0.3 is 5.97 Å². The number of hydrogen-bond donors (Lipinski definition) is 1. The summed E-state index contributed by atoms with van der Waals surface area (Å²) in [6, 6.07) is 26.8. The molecule has 200 valence electrons. The van der Waals surface area contributed by atoms with Crippen LogP contribution in [-0.4, -0.2) is 49.2 Å². The van der Waals surface area contributed by atoms with Crippen LogP contribution in [0.4, 0.5) is 5.95 Å². The lowest BCUT2D eigenvalue weighted by atomic mass is 9.95. The van der Waals surface area contributed by atoms with E-state index in [2.05, 4.69) is 31.0 Å². The molecule has 1 atom stereocenters. The number of fused-ring (bicyclic) bond motifs is 1. The summed E-state index contributed by atoms with van der Waals surface area (Å²) in [5.74, 6) is 1.01. The lowest BCUT2D eigenvalue weighted by Crippen LogP contribution is -2.31. The van der Waals surface area contributed by atoms with Crippen molar-refractivity contribution in [3.8, 4) is 16.3 Å². The van der Waals surface area contributed by atoms with E-state index in [1.54, 1.807) is 4.68 Å². The minimum atomic E-state index is -0.621. The number of rotatable bonds is 9. The Morgan fingerprint density at radius 3 is 2.60 bits per heavy atom. The van der Waals surface area contributed by atoms with E-state index in [0.717, 1.165) is 26.0 Å². The zero-order valence-electron chi connectivity index (χ0n) is 21.3. The van der Waals surface area contributed by atoms with Gasteiger partial charge in [-0.2, -0.15) is 4.68 Å². The summed E-state index contributed by atoms with van der Waals surface area (Å²) in [6.45, 7) is 0.418. The molecule has 0 bridgehead atoms. The number of anilines is 1. The molecule has 0 aliphatic carbocycles. The van der Waals surface area contributed by atoms with Crippen LogP contribution in [0.15, 0.2) is 101 Å². The largest absolute Gasteiger partial charge is 0.489 e. The standard InChI is InChI=1S/C28H23N7O3S2/c1-37-26(36)23-22(17-39-28-32-30-25(40-28)19-11-6-3-7-12-19)29-27-31-33-34-35(27)24(23)20-13-8-14-21(15-20)38-16-18-9-4-2-5-10-18/h2-15,24H,16-17H2,1H3,(H,29,31,34). The van der Waals surface area contributed by atoms with Gasteiger partial charge < -0.3 is 14.8 Å². The number of carbonyl (C=O) groups excluding carboxylic acids is 1. The third-order valence-corrected chi connectivity index (χ3v) is 8.33. The number of ether oxygens (including phenoxy) is 2. The van der Waals surface area contributed by atoms with Crippen molar-refractivity contribution in [3.05, 3.63) is 107 Å². The van der Waals surface area contributed by atoms with Gasteiger partial charge in [-0.05, 0) is 33.7 Å². The topological polar surface area (TPSA) is 117 Å². The Morgan fingerprint density at radius 1 is 1.00 bits per heavy atom. The lowest BCUT2D eigenvalue weighted by molar-refractivity contribution is -0.136. The Hall–Kier alpha value is -4.55. The maximum Gasteiger partial charge on any atom is 0.338 e. The minimum absolute atomic E-state index is 0.404. The molecule has 0 radical (unpaired) electrons. The van der Waals surface area contributed by atoms with Crippen LogP contribution in [0.2, 0.25) is 0 Å². The number of thioether (sulfide) groups is 1. The predicted molar refractivity (Wildman–Crippen MR) is 152 cm³/mol. The van der Waals surface area contributed by atoms with Gasteiger partial charge in [0.05, 0.1) is 12.7 Å². The minimum Gasteiger partial charge on any atom is -0.489 e. The Morgan fingerprint density at radius 2 is 1.80 bits per heavy atom. The van der Waals surface area contributed by atoms with Crippen molar-refractivity contribution in [2.75, 3.05) is 18.2 Å². The van der Waals surface area contributed by atoms with E-state index in [1.807, 2.05) is 84.9 Å². The van der Waals surface area contributed by atoms with Crippen LogP contribution >= 0.6 is 23.1 Å². The van der Waals surface area contributed by atoms with E-state index in [4.69, 9.17) is 9.47 Å². The number of hydrogen-bond acceptors (Lipinski definition) is 11. The summed E-state index contributed by atoms with van der Waals surface area (Å²) < 4.78 is 13.6. The molecule has 3 heterocycles. The van der Waals surface area contributed by atoms with Gasteiger partial charge in [0.1, 0.15) is 23.4 Å². The van der Waals surface area contributed by atoms with Gasteiger partial charge in [0.15, 0.2) is 4.34 Å². The van der Waals surface area contributed by atoms with E-state index in [1.165, 1.54) is 30.2 Å². The van der Waals surface area contributed by atoms with Crippen LogP contribution in [0.5, 0.6) is 5.75 Å². The van der Waals surface area contributed by atoms with Crippen molar-refractivity contribution in [3.63, 3.8) is 0 Å². The highest BCUT2D eigenvalue weighted by atomic mass is 32.2. The molecule has 1 aliphatic rings. The molecular formula is C28H23N7O3S2. The first-order valence-electron chi connectivity index (χ1n) is 12.3. The van der Waals surface area contributed by atoms with Crippen LogP contribution in [0.3, 0.4) is 0 Å². The molecular weight excluding hydrogens is 546 g/mol. The summed E-state index contributed by atoms with van der Waals surface area (Å²) in [5, 5.41) is 24.9. The van der Waals surface area contributed by atoms with Gasteiger partial charge in [-0.15, -0.1) is 10.2 Å². The number of benzene rings is 3. The summed E-state index contributed by atoms with van der Waals surface area (Å²) in [7, 11) is 1.36. The van der Waals surface area contributed by atoms with Crippen molar-refractivity contribution in [1.29, 1.82) is 0 Å². The number of esters is 1. The molecule has 2 aromatic heterocycles. The third kappa shape index (κ3) is 5.44. The van der Waals surface area contributed by atoms with Crippen LogP contribution in [0.1, 0.15) is 17.2 Å². The number of methoxy groups -OCH3 is 1. The zero-order valence-corrected chi connectivity index (χ0v) is 22.9. The molecule has 3 aromatic carbocycles. The van der Waals surface area contributed by atoms with E-state index in [-0.39, 0.29) is 0 Å². The molecule has 0 saturated heterocycles. The zero-order chi connectivity index (χ0) is 27.3. The molecule has 1 N–H and O–H groups in total. The third-order valence-electron chi connectivity index (χ3n) is 6.19. The van der Waals surface area contributed by atoms with Gasteiger partial charge in [-0.3, -0.25) is 0 Å². The molecule has 6 rings (SSSR count). The average Bonchev–Trinajstić information content (AvgIpc) is 3.69. The second-order valence-corrected chi connectivity index (χ2v) is 10.9. The van der Waals surface area contributed by atoms with Crippen LogP contribution in [-0.2, 0) is 16.1 Å². The fraction of sp³-hybridized carbons (Fsp3) is 0.143. The van der Waals surface area contributed by atoms with Gasteiger partial charge in [0.25, 0.3) is 0 Å². The Balaban J connectivity index is 1.30. The Labute approximate surface area is 238 Å². The van der Waals surface area contributed by atoms with E-state index in [9.17, 15) is 4.79 Å². The van der Waals surface area contributed by atoms with E-state index < -0.39 is 12.0 Å². The van der Waals surface area contributed by atoms with Gasteiger partial charge in [-0.25, -0.2) is 4.79 Å². The Bertz CT molecular complexity index is 1650. The molecule has 40 heavy (non-hydrogen) atoms. The van der Waals surface area contributed by atoms with Gasteiger partial charge in [0, 0.05) is 17.0 Å². The molecule has 12 heteroatoms. The lowest BCUT2D eigenvalue weighted by Gasteiger charge is -2.28. The maximum absolute atomic E-state index is 13.2. The number of carbonyl (C=O) groups is 1. The van der Waals surface area contributed by atoms with Crippen molar-refractivity contribution >= 4 is 35.0 Å². The molecule has 10 nitrogen and oxygen atoms in total. The van der Waals surface area contributed by atoms with Crippen LogP contribution < -0.4 is 10.1 Å². The quantitative estimate of drug-likeness (QED) is 0.192. The summed E-state index contributed by atoms with van der Waals surface area (Å²) in [4.78, 5) is 13.2. The number of tetrazole rings is 1. The maximum atomic E-state index is 13.2. The monoisotopic (exact) mass is 569 g/mol. The first-order valence-corrected chi connectivity index (χ1v) is 14.1. The van der Waals surface area contributed by atoms with E-state index in [0.29, 0.717) is 35.3 Å². The summed E-state index contributed by atoms with van der Waals surface area (Å²) in [5.41, 5.74) is 3.88. The van der Waals surface area contributed by atoms with Gasteiger partial charge in [0.2, 0.25) is 5.95 Å². The van der Waals surface area contributed by atoms with E-state index >= 15 is 0 Å². The fourth-order valence-corrected chi connectivity index (χ4v) is 6.15. The molecule has 5 aromatic rings. The van der Waals surface area contributed by atoms with Crippen molar-refractivity contribution in [2.24, 2.45) is 0 Å². The number of aromatic nitrogens is 6. The first-order chi connectivity index (χ1) is 19.7. The number of nitrogens with one attached hydrogen (secondary N) is 1. The molecule has 1 aliphatic heterocycles. The second-order valence-electron chi connectivity index (χ2n) is 8.73. The SMILES string of the molecule is COC(=O)C1=C(CSc2nnc(-c3ccccc3)s2)Nc2nnnn2C1c1cccc(OCc2ccccc2)c1. The molecule has 0 saturated carbocycles. The normalized spacial score (nSPS) is 14.4. The molecule has 0 spiro atoms. The summed E-state index contributed by atoms with van der Waals surface area (Å²) in [6.07, 6.45) is 0. The smallest absolute Gasteiger partial charge is 0.338 e. The fourth-order valence-electron chi connectivity index (χ4n) is 4.32. The number of nitrogens with zero attached hydrogens (tertiary/aromatic N) is 6. The van der Waals surface area contributed by atoms with Crippen molar-refractivity contribution < 1.29 is 14.3 Å². The first kappa shape index (κ1) is 25.7. The van der Waals surface area contributed by atoms with Crippen molar-refractivity contribution in [1.82, 2.24) is 30.4 Å². The van der Waals surface area contributed by atoms with Crippen LogP contribution in [0, 0.1) is 0 Å². The molecule has 1 unspecified atom stereocenters. The van der Waals surface area contributed by atoms with Crippen molar-refractivity contribution in [2.45, 2.75) is 17.0 Å². The van der Waals surface area contributed by atoms with Crippen LogP contribution in [0.25, 0.3) is 10.6 Å². The second kappa shape index (κ2) is 11.7. The molecule has 0 fully saturated rings. The molecule has 0 amide bonds. The summed E-state index contributed by atoms with van der Waals surface area (Å²) >= 11 is 2.96.